The smallest absolute Gasteiger partial charge is 0.287 e. The number of aromatic nitrogens is 1. The number of guanidine groups is 1. The molecule has 1 rings (SSSR count). The molecule has 0 saturated heterocycles. The summed E-state index contributed by atoms with van der Waals surface area (Å²) < 4.78 is 0. The SMILES string of the molecule is CC(N)N(C(=N)N)c1ccc([N+](=O)[O-])cn1. The topological polar surface area (TPSA) is 135 Å². The third kappa shape index (κ3) is 2.42. The van der Waals surface area contributed by atoms with E-state index in [1.54, 1.807) is 6.92 Å². The van der Waals surface area contributed by atoms with E-state index in [4.69, 9.17) is 16.9 Å². The van der Waals surface area contributed by atoms with Gasteiger partial charge in [-0.3, -0.25) is 20.4 Å². The molecule has 0 spiro atoms. The van der Waals surface area contributed by atoms with Crippen LogP contribution in [-0.2, 0) is 0 Å². The number of nitro groups is 1. The van der Waals surface area contributed by atoms with Crippen LogP contribution in [-0.4, -0.2) is 22.0 Å². The molecule has 0 aliphatic heterocycles. The first-order valence-electron chi connectivity index (χ1n) is 4.42. The summed E-state index contributed by atoms with van der Waals surface area (Å²) in [5.74, 6) is 0.0319. The van der Waals surface area contributed by atoms with E-state index >= 15 is 0 Å². The van der Waals surface area contributed by atoms with Gasteiger partial charge in [-0.2, -0.15) is 0 Å². The van der Waals surface area contributed by atoms with Gasteiger partial charge in [0.25, 0.3) is 5.69 Å². The Balaban J connectivity index is 3.03. The van der Waals surface area contributed by atoms with Crippen LogP contribution in [0.2, 0.25) is 0 Å². The lowest BCUT2D eigenvalue weighted by molar-refractivity contribution is -0.385. The van der Waals surface area contributed by atoms with Crippen LogP contribution in [0.1, 0.15) is 6.92 Å². The second kappa shape index (κ2) is 4.53. The lowest BCUT2D eigenvalue weighted by Gasteiger charge is -2.24. The van der Waals surface area contributed by atoms with Crippen molar-refractivity contribution in [1.82, 2.24) is 4.98 Å². The van der Waals surface area contributed by atoms with Gasteiger partial charge >= 0.3 is 0 Å². The Morgan fingerprint density at radius 1 is 1.69 bits per heavy atom. The molecule has 1 aromatic rings. The molecule has 0 aromatic carbocycles. The van der Waals surface area contributed by atoms with E-state index in [0.717, 1.165) is 6.20 Å². The van der Waals surface area contributed by atoms with E-state index < -0.39 is 11.1 Å². The minimum Gasteiger partial charge on any atom is -0.370 e. The number of nitrogens with zero attached hydrogens (tertiary/aromatic N) is 3. The maximum absolute atomic E-state index is 10.4. The summed E-state index contributed by atoms with van der Waals surface area (Å²) in [7, 11) is 0. The van der Waals surface area contributed by atoms with Crippen LogP contribution >= 0.6 is 0 Å². The van der Waals surface area contributed by atoms with Crippen LogP contribution in [0.4, 0.5) is 11.5 Å². The summed E-state index contributed by atoms with van der Waals surface area (Å²) in [6.07, 6.45) is 0.555. The van der Waals surface area contributed by atoms with Gasteiger partial charge in [0.15, 0.2) is 5.96 Å². The summed E-state index contributed by atoms with van der Waals surface area (Å²) in [6.45, 7) is 1.63. The number of hydrogen-bond acceptors (Lipinski definition) is 5. The molecule has 86 valence electrons. The predicted molar refractivity (Wildman–Crippen MR) is 58.9 cm³/mol. The van der Waals surface area contributed by atoms with Gasteiger partial charge in [0.1, 0.15) is 12.0 Å². The van der Waals surface area contributed by atoms with E-state index in [1.165, 1.54) is 17.0 Å². The Morgan fingerprint density at radius 3 is 2.62 bits per heavy atom. The van der Waals surface area contributed by atoms with Crippen molar-refractivity contribution in [2.24, 2.45) is 11.5 Å². The number of anilines is 1. The van der Waals surface area contributed by atoms with E-state index in [2.05, 4.69) is 4.98 Å². The first-order valence-corrected chi connectivity index (χ1v) is 4.42. The highest BCUT2D eigenvalue weighted by atomic mass is 16.6. The Kier molecular flexibility index (Phi) is 3.36. The zero-order chi connectivity index (χ0) is 12.3. The summed E-state index contributed by atoms with van der Waals surface area (Å²) in [5, 5.41) is 17.7. The molecule has 16 heavy (non-hydrogen) atoms. The molecule has 5 N–H and O–H groups in total. The van der Waals surface area contributed by atoms with Gasteiger partial charge in [0.2, 0.25) is 0 Å². The third-order valence-electron chi connectivity index (χ3n) is 1.86. The summed E-state index contributed by atoms with van der Waals surface area (Å²) >= 11 is 0. The van der Waals surface area contributed by atoms with E-state index in [9.17, 15) is 10.1 Å². The number of nitrogens with two attached hydrogens (primary N) is 2. The standard InChI is InChI=1S/C8H12N6O2/c1-5(9)13(8(10)11)7-3-2-6(4-12-7)14(15)16/h2-5H,9H2,1H3,(H3,10,11). The summed E-state index contributed by atoms with van der Waals surface area (Å²) in [4.78, 5) is 14.9. The Bertz CT molecular complexity index is 401. The molecule has 0 radical (unpaired) electrons. The lowest BCUT2D eigenvalue weighted by atomic mass is 10.3. The molecule has 0 aliphatic carbocycles. The summed E-state index contributed by atoms with van der Waals surface area (Å²) in [5.41, 5.74) is 10.8. The largest absolute Gasteiger partial charge is 0.370 e. The fraction of sp³-hybridized carbons (Fsp3) is 0.250. The van der Waals surface area contributed by atoms with E-state index in [0.29, 0.717) is 5.82 Å². The quantitative estimate of drug-likeness (QED) is 0.217. The molecule has 0 saturated carbocycles. The number of nitrogens with one attached hydrogen (secondary N) is 1. The normalized spacial score (nSPS) is 11.9. The zero-order valence-corrected chi connectivity index (χ0v) is 8.62. The van der Waals surface area contributed by atoms with Gasteiger partial charge in [-0.05, 0) is 13.0 Å². The molecule has 1 unspecified atom stereocenters. The fourth-order valence-corrected chi connectivity index (χ4v) is 1.18. The minimum absolute atomic E-state index is 0.128. The minimum atomic E-state index is -0.555. The van der Waals surface area contributed by atoms with Crippen molar-refractivity contribution in [2.45, 2.75) is 13.1 Å². The highest BCUT2D eigenvalue weighted by molar-refractivity contribution is 5.91. The van der Waals surface area contributed by atoms with E-state index in [-0.39, 0.29) is 11.6 Å². The molecule has 0 amide bonds. The highest BCUT2D eigenvalue weighted by Crippen LogP contribution is 2.16. The molecule has 8 nitrogen and oxygen atoms in total. The van der Waals surface area contributed by atoms with Crippen LogP contribution < -0.4 is 16.4 Å². The second-order valence-electron chi connectivity index (χ2n) is 3.13. The van der Waals surface area contributed by atoms with Crippen molar-refractivity contribution in [3.8, 4) is 0 Å². The van der Waals surface area contributed by atoms with Crippen molar-refractivity contribution in [2.75, 3.05) is 4.90 Å². The van der Waals surface area contributed by atoms with Crippen LogP contribution in [0.5, 0.6) is 0 Å². The van der Waals surface area contributed by atoms with Crippen LogP contribution in [0.3, 0.4) is 0 Å². The van der Waals surface area contributed by atoms with Crippen molar-refractivity contribution >= 4 is 17.5 Å². The maximum Gasteiger partial charge on any atom is 0.287 e. The average Bonchev–Trinajstić information content (AvgIpc) is 2.17. The number of hydrogen-bond donors (Lipinski definition) is 3. The Morgan fingerprint density at radius 2 is 2.31 bits per heavy atom. The van der Waals surface area contributed by atoms with E-state index in [1.807, 2.05) is 0 Å². The summed E-state index contributed by atoms with van der Waals surface area (Å²) in [6, 6.07) is 2.67. The van der Waals surface area contributed by atoms with Gasteiger partial charge in [0.05, 0.1) is 11.1 Å². The second-order valence-corrected chi connectivity index (χ2v) is 3.13. The van der Waals surface area contributed by atoms with Gasteiger partial charge in [-0.15, -0.1) is 0 Å². The van der Waals surface area contributed by atoms with Crippen LogP contribution in [0, 0.1) is 15.5 Å². The van der Waals surface area contributed by atoms with Gasteiger partial charge < -0.3 is 11.5 Å². The van der Waals surface area contributed by atoms with Gasteiger partial charge in [-0.1, -0.05) is 0 Å². The molecule has 0 aliphatic rings. The van der Waals surface area contributed by atoms with Crippen LogP contribution in [0.25, 0.3) is 0 Å². The molecule has 0 bridgehead atoms. The molecule has 0 fully saturated rings. The highest BCUT2D eigenvalue weighted by Gasteiger charge is 2.16. The van der Waals surface area contributed by atoms with Gasteiger partial charge in [0, 0.05) is 6.07 Å². The monoisotopic (exact) mass is 224 g/mol. The first kappa shape index (κ1) is 11.9. The van der Waals surface area contributed by atoms with Crippen molar-refractivity contribution in [1.29, 1.82) is 5.41 Å². The molecule has 1 atom stereocenters. The lowest BCUT2D eigenvalue weighted by Crippen LogP contribution is -2.47. The first-order chi connectivity index (χ1) is 7.43. The molecule has 1 heterocycles. The molecule has 1 aromatic heterocycles. The Labute approximate surface area is 91.5 Å². The molecular weight excluding hydrogens is 212 g/mol. The zero-order valence-electron chi connectivity index (χ0n) is 8.62. The van der Waals surface area contributed by atoms with Crippen molar-refractivity contribution in [3.05, 3.63) is 28.4 Å². The molecular formula is C8H12N6O2. The predicted octanol–water partition coefficient (Wildman–Crippen LogP) is -0.00563. The molecule has 8 heteroatoms. The average molecular weight is 224 g/mol. The third-order valence-corrected chi connectivity index (χ3v) is 1.86. The maximum atomic E-state index is 10.4. The van der Waals surface area contributed by atoms with Crippen molar-refractivity contribution in [3.63, 3.8) is 0 Å². The Hall–Kier alpha value is -2.22. The van der Waals surface area contributed by atoms with Gasteiger partial charge in [-0.25, -0.2) is 4.98 Å². The van der Waals surface area contributed by atoms with Crippen molar-refractivity contribution < 1.29 is 4.92 Å². The number of pyridine rings is 1. The number of rotatable bonds is 3. The fourth-order valence-electron chi connectivity index (χ4n) is 1.18. The van der Waals surface area contributed by atoms with Crippen LogP contribution in [0.15, 0.2) is 18.3 Å².